The second-order valence-electron chi connectivity index (χ2n) is 7.25. The molecular formula is C22H25N3O4S2. The Labute approximate surface area is 187 Å². The van der Waals surface area contributed by atoms with Crippen LogP contribution in [0.15, 0.2) is 53.2 Å². The van der Waals surface area contributed by atoms with E-state index in [2.05, 4.69) is 4.99 Å². The summed E-state index contributed by atoms with van der Waals surface area (Å²) in [4.78, 5) is 19.4. The van der Waals surface area contributed by atoms with E-state index in [1.807, 2.05) is 56.3 Å². The lowest BCUT2D eigenvalue weighted by Gasteiger charge is -2.19. The van der Waals surface area contributed by atoms with Crippen LogP contribution in [-0.4, -0.2) is 38.1 Å². The van der Waals surface area contributed by atoms with Gasteiger partial charge in [0.1, 0.15) is 11.4 Å². The SMILES string of the molecule is COc1ccc(/C=C2\N=C(SCCCS(N)(=O)=O)N(c3cc(C)cc(C)c3)C2=O)cc1. The smallest absolute Gasteiger partial charge is 0.283 e. The minimum absolute atomic E-state index is 0.112. The van der Waals surface area contributed by atoms with Crippen molar-refractivity contribution in [3.63, 3.8) is 0 Å². The fraction of sp³-hybridized carbons (Fsp3) is 0.273. The number of sulfonamides is 1. The summed E-state index contributed by atoms with van der Waals surface area (Å²) >= 11 is 1.34. The topological polar surface area (TPSA) is 102 Å². The van der Waals surface area contributed by atoms with E-state index in [1.54, 1.807) is 18.1 Å². The molecule has 9 heteroatoms. The molecule has 3 rings (SSSR count). The summed E-state index contributed by atoms with van der Waals surface area (Å²) in [5.41, 5.74) is 3.95. The Hall–Kier alpha value is -2.62. The number of methoxy groups -OCH3 is 1. The van der Waals surface area contributed by atoms with Gasteiger partial charge < -0.3 is 4.74 Å². The summed E-state index contributed by atoms with van der Waals surface area (Å²) in [5, 5.41) is 5.60. The van der Waals surface area contributed by atoms with Gasteiger partial charge in [-0.2, -0.15) is 0 Å². The van der Waals surface area contributed by atoms with Crippen LogP contribution in [-0.2, 0) is 14.8 Å². The highest BCUT2D eigenvalue weighted by Crippen LogP contribution is 2.31. The first-order valence-electron chi connectivity index (χ1n) is 9.67. The van der Waals surface area contributed by atoms with Gasteiger partial charge in [0.2, 0.25) is 10.0 Å². The molecule has 1 aliphatic rings. The van der Waals surface area contributed by atoms with Gasteiger partial charge in [-0.3, -0.25) is 9.69 Å². The molecule has 0 saturated carbocycles. The molecule has 7 nitrogen and oxygen atoms in total. The average molecular weight is 460 g/mol. The van der Waals surface area contributed by atoms with E-state index in [0.29, 0.717) is 23.0 Å². The Bertz CT molecular complexity index is 1120. The molecule has 31 heavy (non-hydrogen) atoms. The number of anilines is 1. The highest BCUT2D eigenvalue weighted by Gasteiger charge is 2.32. The van der Waals surface area contributed by atoms with Gasteiger partial charge in [-0.1, -0.05) is 30.0 Å². The first-order chi connectivity index (χ1) is 14.7. The van der Waals surface area contributed by atoms with Crippen LogP contribution in [0, 0.1) is 13.8 Å². The van der Waals surface area contributed by atoms with Crippen molar-refractivity contribution < 1.29 is 17.9 Å². The summed E-state index contributed by atoms with van der Waals surface area (Å²) in [6.45, 7) is 3.95. The number of amidine groups is 1. The standard InChI is InChI=1S/C22H25N3O4S2/c1-15-11-16(2)13-18(12-15)25-21(26)20(14-17-5-7-19(29-3)8-6-17)24-22(25)30-9-4-10-31(23,27)28/h5-8,11-14H,4,9-10H2,1-3H3,(H2,23,27,28)/b20-14-. The highest BCUT2D eigenvalue weighted by atomic mass is 32.2. The zero-order valence-corrected chi connectivity index (χ0v) is 19.3. The first kappa shape index (κ1) is 23.1. The number of hydrogen-bond donors (Lipinski definition) is 1. The molecule has 0 aromatic heterocycles. The fourth-order valence-corrected chi connectivity index (χ4v) is 4.86. The molecule has 0 bridgehead atoms. The Kier molecular flexibility index (Phi) is 7.19. The molecule has 0 atom stereocenters. The number of aryl methyl sites for hydroxylation is 2. The van der Waals surface area contributed by atoms with E-state index in [1.165, 1.54) is 11.8 Å². The predicted octanol–water partition coefficient (Wildman–Crippen LogP) is 3.47. The summed E-state index contributed by atoms with van der Waals surface area (Å²) in [5.74, 6) is 0.861. The summed E-state index contributed by atoms with van der Waals surface area (Å²) < 4.78 is 27.6. The Balaban J connectivity index is 1.90. The van der Waals surface area contributed by atoms with Crippen LogP contribution in [0.3, 0.4) is 0 Å². The van der Waals surface area contributed by atoms with E-state index in [0.717, 1.165) is 28.1 Å². The van der Waals surface area contributed by atoms with Gasteiger partial charge in [-0.25, -0.2) is 18.5 Å². The Morgan fingerprint density at radius 3 is 2.35 bits per heavy atom. The van der Waals surface area contributed by atoms with Crippen LogP contribution >= 0.6 is 11.8 Å². The van der Waals surface area contributed by atoms with Crippen molar-refractivity contribution >= 4 is 44.6 Å². The van der Waals surface area contributed by atoms with Crippen molar-refractivity contribution in [1.29, 1.82) is 0 Å². The maximum absolute atomic E-state index is 13.2. The van der Waals surface area contributed by atoms with Crippen molar-refractivity contribution in [2.45, 2.75) is 20.3 Å². The van der Waals surface area contributed by atoms with Gasteiger partial charge in [0.25, 0.3) is 5.91 Å². The van der Waals surface area contributed by atoms with E-state index in [-0.39, 0.29) is 11.7 Å². The van der Waals surface area contributed by atoms with Crippen molar-refractivity contribution in [3.8, 4) is 5.75 Å². The van der Waals surface area contributed by atoms with Crippen molar-refractivity contribution in [1.82, 2.24) is 0 Å². The van der Waals surface area contributed by atoms with Crippen LogP contribution in [0.1, 0.15) is 23.1 Å². The van der Waals surface area contributed by atoms with E-state index < -0.39 is 10.0 Å². The third-order valence-corrected chi connectivity index (χ3v) is 6.40. The van der Waals surface area contributed by atoms with Crippen LogP contribution < -0.4 is 14.8 Å². The molecule has 0 saturated heterocycles. The molecule has 1 amide bonds. The number of carbonyl (C=O) groups excluding carboxylic acids is 1. The quantitative estimate of drug-likeness (QED) is 0.505. The molecule has 1 aliphatic heterocycles. The van der Waals surface area contributed by atoms with Crippen molar-refractivity contribution in [2.75, 3.05) is 23.5 Å². The number of rotatable bonds is 7. The summed E-state index contributed by atoms with van der Waals surface area (Å²) in [6.07, 6.45) is 2.10. The normalized spacial score (nSPS) is 15.5. The van der Waals surface area contributed by atoms with Gasteiger partial charge >= 0.3 is 0 Å². The average Bonchev–Trinajstić information content (AvgIpc) is 2.99. The molecule has 1 heterocycles. The lowest BCUT2D eigenvalue weighted by molar-refractivity contribution is -0.113. The molecule has 2 N–H and O–H groups in total. The van der Waals surface area contributed by atoms with Crippen LogP contribution in [0.4, 0.5) is 5.69 Å². The van der Waals surface area contributed by atoms with Gasteiger partial charge in [-0.15, -0.1) is 0 Å². The highest BCUT2D eigenvalue weighted by molar-refractivity contribution is 8.14. The molecule has 164 valence electrons. The number of amides is 1. The molecule has 0 unspecified atom stereocenters. The zero-order valence-electron chi connectivity index (χ0n) is 17.7. The summed E-state index contributed by atoms with van der Waals surface area (Å²) in [7, 11) is -1.92. The van der Waals surface area contributed by atoms with E-state index >= 15 is 0 Å². The third kappa shape index (κ3) is 6.19. The van der Waals surface area contributed by atoms with Gasteiger partial charge in [-0.05, 0) is 67.3 Å². The zero-order chi connectivity index (χ0) is 22.6. The van der Waals surface area contributed by atoms with Crippen molar-refractivity contribution in [3.05, 3.63) is 64.9 Å². The number of nitrogens with two attached hydrogens (primary N) is 1. The molecular weight excluding hydrogens is 434 g/mol. The number of thioether (sulfide) groups is 1. The van der Waals surface area contributed by atoms with Gasteiger partial charge in [0, 0.05) is 5.75 Å². The van der Waals surface area contributed by atoms with Gasteiger partial charge in [0.15, 0.2) is 5.17 Å². The number of carbonyl (C=O) groups is 1. The lowest BCUT2D eigenvalue weighted by atomic mass is 10.1. The van der Waals surface area contributed by atoms with E-state index in [9.17, 15) is 13.2 Å². The molecule has 2 aromatic rings. The monoisotopic (exact) mass is 459 g/mol. The van der Waals surface area contributed by atoms with E-state index in [4.69, 9.17) is 9.88 Å². The molecule has 2 aromatic carbocycles. The molecule has 0 aliphatic carbocycles. The molecule has 0 radical (unpaired) electrons. The second kappa shape index (κ2) is 9.67. The number of hydrogen-bond acceptors (Lipinski definition) is 6. The number of ether oxygens (including phenoxy) is 1. The largest absolute Gasteiger partial charge is 0.497 e. The number of benzene rings is 2. The maximum atomic E-state index is 13.2. The Morgan fingerprint density at radius 1 is 1.13 bits per heavy atom. The number of nitrogens with zero attached hydrogens (tertiary/aromatic N) is 2. The maximum Gasteiger partial charge on any atom is 0.283 e. The van der Waals surface area contributed by atoms with Crippen LogP contribution in [0.25, 0.3) is 6.08 Å². The van der Waals surface area contributed by atoms with Crippen LogP contribution in [0.5, 0.6) is 5.75 Å². The number of primary sulfonamides is 1. The van der Waals surface area contributed by atoms with Crippen LogP contribution in [0.2, 0.25) is 0 Å². The fourth-order valence-electron chi connectivity index (χ4n) is 3.18. The van der Waals surface area contributed by atoms with Crippen molar-refractivity contribution in [2.24, 2.45) is 10.1 Å². The minimum Gasteiger partial charge on any atom is -0.497 e. The Morgan fingerprint density at radius 2 is 1.77 bits per heavy atom. The number of aliphatic imine (C=N–C) groups is 1. The lowest BCUT2D eigenvalue weighted by Crippen LogP contribution is -2.30. The first-order valence-corrected chi connectivity index (χ1v) is 12.4. The molecule has 0 spiro atoms. The summed E-state index contributed by atoms with van der Waals surface area (Å²) in [6, 6.07) is 13.2. The van der Waals surface area contributed by atoms with Gasteiger partial charge in [0.05, 0.1) is 18.6 Å². The second-order valence-corrected chi connectivity index (χ2v) is 10.0. The third-order valence-electron chi connectivity index (χ3n) is 4.52. The molecule has 0 fully saturated rings. The minimum atomic E-state index is -3.52. The predicted molar refractivity (Wildman–Crippen MR) is 127 cm³/mol.